The van der Waals surface area contributed by atoms with Crippen LogP contribution in [0.2, 0.25) is 0 Å². The van der Waals surface area contributed by atoms with Crippen molar-refractivity contribution < 1.29 is 9.59 Å². The number of carbonyl (C=O) groups is 2. The Labute approximate surface area is 139 Å². The molecule has 2 amide bonds. The van der Waals surface area contributed by atoms with Crippen LogP contribution in [-0.4, -0.2) is 42.9 Å². The zero-order valence-corrected chi connectivity index (χ0v) is 14.4. The first kappa shape index (κ1) is 19.2. The quantitative estimate of drug-likeness (QED) is 0.805. The molecule has 0 aromatic rings. The molecule has 0 spiro atoms. The van der Waals surface area contributed by atoms with Crippen molar-refractivity contribution in [3.8, 4) is 0 Å². The molecular formula is C16H30ClN3O2. The Balaban J connectivity index is 0.00000242. The molecule has 0 aromatic heterocycles. The number of hydrogen-bond donors (Lipinski definition) is 2. The van der Waals surface area contributed by atoms with Crippen LogP contribution in [0.1, 0.15) is 51.9 Å². The average molecular weight is 332 g/mol. The molecule has 1 saturated heterocycles. The van der Waals surface area contributed by atoms with Crippen molar-refractivity contribution in [1.29, 1.82) is 0 Å². The van der Waals surface area contributed by atoms with Crippen molar-refractivity contribution in [2.24, 2.45) is 17.1 Å². The van der Waals surface area contributed by atoms with E-state index in [1.165, 1.54) is 0 Å². The first-order valence-electron chi connectivity index (χ1n) is 8.40. The zero-order chi connectivity index (χ0) is 15.3. The van der Waals surface area contributed by atoms with Crippen molar-refractivity contribution in [3.05, 3.63) is 0 Å². The molecule has 1 heterocycles. The molecule has 3 N–H and O–H groups in total. The zero-order valence-electron chi connectivity index (χ0n) is 13.6. The number of piperidine rings is 1. The summed E-state index contributed by atoms with van der Waals surface area (Å²) in [5.41, 5.74) is 5.28. The molecule has 0 bridgehead atoms. The minimum Gasteiger partial charge on any atom is -0.355 e. The molecule has 0 aromatic carbocycles. The van der Waals surface area contributed by atoms with Crippen LogP contribution in [0.3, 0.4) is 0 Å². The van der Waals surface area contributed by atoms with E-state index >= 15 is 0 Å². The maximum Gasteiger partial charge on any atom is 0.228 e. The summed E-state index contributed by atoms with van der Waals surface area (Å²) in [5.74, 6) is 0.276. The summed E-state index contributed by atoms with van der Waals surface area (Å²) in [6.07, 6.45) is 7.07. The van der Waals surface area contributed by atoms with Gasteiger partial charge >= 0.3 is 0 Å². The molecule has 1 saturated carbocycles. The molecule has 6 heteroatoms. The van der Waals surface area contributed by atoms with E-state index in [1.54, 1.807) is 0 Å². The van der Waals surface area contributed by atoms with Gasteiger partial charge in [0, 0.05) is 31.6 Å². The van der Waals surface area contributed by atoms with Gasteiger partial charge in [-0.25, -0.2) is 0 Å². The Kier molecular flexibility index (Phi) is 7.63. The number of rotatable bonds is 5. The molecule has 5 nitrogen and oxygen atoms in total. The first-order chi connectivity index (χ1) is 10.1. The van der Waals surface area contributed by atoms with Crippen molar-refractivity contribution in [3.63, 3.8) is 0 Å². The van der Waals surface area contributed by atoms with Crippen LogP contribution in [0.4, 0.5) is 0 Å². The van der Waals surface area contributed by atoms with E-state index in [2.05, 4.69) is 12.2 Å². The van der Waals surface area contributed by atoms with E-state index in [-0.39, 0.29) is 29.6 Å². The van der Waals surface area contributed by atoms with E-state index in [1.807, 2.05) is 4.90 Å². The number of likely N-dealkylation sites (tertiary alicyclic amines) is 1. The Morgan fingerprint density at radius 1 is 1.27 bits per heavy atom. The molecule has 128 valence electrons. The molecule has 2 aliphatic rings. The smallest absolute Gasteiger partial charge is 0.228 e. The second-order valence-electron chi connectivity index (χ2n) is 6.51. The van der Waals surface area contributed by atoms with Crippen molar-refractivity contribution in [2.45, 2.75) is 51.9 Å². The third-order valence-electron chi connectivity index (χ3n) is 5.21. The summed E-state index contributed by atoms with van der Waals surface area (Å²) >= 11 is 0. The van der Waals surface area contributed by atoms with Crippen LogP contribution in [0, 0.1) is 11.3 Å². The third kappa shape index (κ3) is 4.13. The molecular weight excluding hydrogens is 302 g/mol. The highest BCUT2D eigenvalue weighted by atomic mass is 35.5. The van der Waals surface area contributed by atoms with E-state index in [4.69, 9.17) is 5.73 Å². The number of amides is 2. The largest absolute Gasteiger partial charge is 0.355 e. The molecule has 2 rings (SSSR count). The fourth-order valence-corrected chi connectivity index (χ4v) is 3.82. The van der Waals surface area contributed by atoms with Crippen LogP contribution in [0.25, 0.3) is 0 Å². The van der Waals surface area contributed by atoms with Gasteiger partial charge in [-0.05, 0) is 32.1 Å². The summed E-state index contributed by atoms with van der Waals surface area (Å²) in [6, 6.07) is 0. The van der Waals surface area contributed by atoms with Gasteiger partial charge in [0.15, 0.2) is 0 Å². The SMILES string of the molecule is CCC1(C(=O)N2CCCC(C(=O)NCCN)C2)CCCC1.Cl. The van der Waals surface area contributed by atoms with Crippen LogP contribution < -0.4 is 11.1 Å². The summed E-state index contributed by atoms with van der Waals surface area (Å²) < 4.78 is 0. The summed E-state index contributed by atoms with van der Waals surface area (Å²) in [6.45, 7) is 4.49. The topological polar surface area (TPSA) is 75.4 Å². The third-order valence-corrected chi connectivity index (χ3v) is 5.21. The van der Waals surface area contributed by atoms with Gasteiger partial charge in [0.2, 0.25) is 11.8 Å². The van der Waals surface area contributed by atoms with E-state index in [9.17, 15) is 9.59 Å². The number of nitrogens with two attached hydrogens (primary N) is 1. The van der Waals surface area contributed by atoms with Crippen molar-refractivity contribution >= 4 is 24.2 Å². The summed E-state index contributed by atoms with van der Waals surface area (Å²) in [7, 11) is 0. The lowest BCUT2D eigenvalue weighted by Crippen LogP contribution is -2.50. The predicted molar refractivity (Wildman–Crippen MR) is 89.8 cm³/mol. The minimum atomic E-state index is -0.143. The molecule has 1 atom stereocenters. The summed E-state index contributed by atoms with van der Waals surface area (Å²) in [5, 5.41) is 2.85. The van der Waals surface area contributed by atoms with Gasteiger partial charge in [-0.2, -0.15) is 0 Å². The first-order valence-corrected chi connectivity index (χ1v) is 8.40. The highest BCUT2D eigenvalue weighted by Gasteiger charge is 2.43. The van der Waals surface area contributed by atoms with Crippen LogP contribution in [-0.2, 0) is 9.59 Å². The standard InChI is InChI=1S/C16H29N3O2.ClH/c1-2-16(7-3-4-8-16)15(21)19-11-5-6-13(12-19)14(20)18-10-9-17;/h13H,2-12,17H2,1H3,(H,18,20);1H. The number of carbonyl (C=O) groups excluding carboxylic acids is 2. The monoisotopic (exact) mass is 331 g/mol. The lowest BCUT2D eigenvalue weighted by molar-refractivity contribution is -0.145. The van der Waals surface area contributed by atoms with E-state index < -0.39 is 0 Å². The second kappa shape index (κ2) is 8.73. The molecule has 1 aliphatic carbocycles. The van der Waals surface area contributed by atoms with E-state index in [0.717, 1.165) is 51.5 Å². The lowest BCUT2D eigenvalue weighted by atomic mass is 9.81. The lowest BCUT2D eigenvalue weighted by Gasteiger charge is -2.38. The van der Waals surface area contributed by atoms with Crippen LogP contribution >= 0.6 is 12.4 Å². The van der Waals surface area contributed by atoms with E-state index in [0.29, 0.717) is 25.5 Å². The normalized spacial score (nSPS) is 23.7. The number of nitrogens with zero attached hydrogens (tertiary/aromatic N) is 1. The molecule has 1 aliphatic heterocycles. The van der Waals surface area contributed by atoms with Crippen molar-refractivity contribution in [1.82, 2.24) is 10.2 Å². The van der Waals surface area contributed by atoms with Gasteiger partial charge in [-0.1, -0.05) is 19.8 Å². The highest BCUT2D eigenvalue weighted by Crippen LogP contribution is 2.43. The van der Waals surface area contributed by atoms with Gasteiger partial charge in [-0.3, -0.25) is 9.59 Å². The fourth-order valence-electron chi connectivity index (χ4n) is 3.82. The van der Waals surface area contributed by atoms with Gasteiger partial charge in [0.25, 0.3) is 0 Å². The van der Waals surface area contributed by atoms with Crippen molar-refractivity contribution in [2.75, 3.05) is 26.2 Å². The number of hydrogen-bond acceptors (Lipinski definition) is 3. The minimum absolute atomic E-state index is 0. The number of nitrogens with one attached hydrogen (secondary N) is 1. The maximum absolute atomic E-state index is 12.9. The highest BCUT2D eigenvalue weighted by molar-refractivity contribution is 5.85. The van der Waals surface area contributed by atoms with Gasteiger partial charge in [-0.15, -0.1) is 12.4 Å². The molecule has 22 heavy (non-hydrogen) atoms. The number of halogens is 1. The predicted octanol–water partition coefficient (Wildman–Crippen LogP) is 1.69. The Bertz CT molecular complexity index is 384. The summed E-state index contributed by atoms with van der Waals surface area (Å²) in [4.78, 5) is 27.0. The van der Waals surface area contributed by atoms with Gasteiger partial charge < -0.3 is 16.0 Å². The molecule has 1 unspecified atom stereocenters. The van der Waals surface area contributed by atoms with Crippen LogP contribution in [0.5, 0.6) is 0 Å². The Hall–Kier alpha value is -0.810. The molecule has 2 fully saturated rings. The molecule has 0 radical (unpaired) electrons. The van der Waals surface area contributed by atoms with Crippen LogP contribution in [0.15, 0.2) is 0 Å². The fraction of sp³-hybridized carbons (Fsp3) is 0.875. The Morgan fingerprint density at radius 2 is 1.95 bits per heavy atom. The average Bonchev–Trinajstić information content (AvgIpc) is 3.02. The maximum atomic E-state index is 12.9. The Morgan fingerprint density at radius 3 is 2.55 bits per heavy atom. The van der Waals surface area contributed by atoms with Gasteiger partial charge in [0.1, 0.15) is 0 Å². The van der Waals surface area contributed by atoms with Gasteiger partial charge in [0.05, 0.1) is 5.92 Å². The second-order valence-corrected chi connectivity index (χ2v) is 6.51.